The number of amides is 1. The number of sulfonamides is 1. The van der Waals surface area contributed by atoms with Crippen molar-refractivity contribution in [3.63, 3.8) is 0 Å². The summed E-state index contributed by atoms with van der Waals surface area (Å²) in [6.45, 7) is 1.96. The van der Waals surface area contributed by atoms with Gasteiger partial charge < -0.3 is 5.32 Å². The molecular formula is C24H24N2O3S. The quantitative estimate of drug-likeness (QED) is 0.563. The molecule has 1 fully saturated rings. The molecule has 0 aromatic heterocycles. The molecule has 0 spiro atoms. The predicted octanol–water partition coefficient (Wildman–Crippen LogP) is 4.17. The van der Waals surface area contributed by atoms with Gasteiger partial charge in [-0.05, 0) is 59.9 Å². The first-order valence-corrected chi connectivity index (χ1v) is 11.5. The van der Waals surface area contributed by atoms with E-state index in [1.807, 2.05) is 31.2 Å². The van der Waals surface area contributed by atoms with Crippen molar-refractivity contribution in [1.82, 2.24) is 10.0 Å². The number of hydrogen-bond acceptors (Lipinski definition) is 3. The summed E-state index contributed by atoms with van der Waals surface area (Å²) in [7, 11) is -3.46. The third kappa shape index (κ3) is 4.78. The lowest BCUT2D eigenvalue weighted by Gasteiger charge is -2.15. The number of carbonyl (C=O) groups excluding carboxylic acids is 1. The van der Waals surface area contributed by atoms with Crippen molar-refractivity contribution in [3.05, 3.63) is 83.9 Å². The molecule has 1 saturated carbocycles. The van der Waals surface area contributed by atoms with Gasteiger partial charge in [-0.2, -0.15) is 0 Å². The predicted molar refractivity (Wildman–Crippen MR) is 119 cm³/mol. The van der Waals surface area contributed by atoms with Gasteiger partial charge in [0.25, 0.3) is 0 Å². The van der Waals surface area contributed by atoms with Gasteiger partial charge in [0.05, 0.1) is 10.9 Å². The molecule has 1 unspecified atom stereocenters. The molecule has 6 heteroatoms. The Bertz CT molecular complexity index is 1190. The Labute approximate surface area is 176 Å². The Morgan fingerprint density at radius 2 is 1.70 bits per heavy atom. The summed E-state index contributed by atoms with van der Waals surface area (Å²) in [6, 6.07) is 20.6. The first-order chi connectivity index (χ1) is 14.4. The van der Waals surface area contributed by atoms with Gasteiger partial charge in [0.2, 0.25) is 15.9 Å². The maximum atomic E-state index is 12.4. The fourth-order valence-electron chi connectivity index (χ4n) is 3.39. The second kappa shape index (κ2) is 8.42. The van der Waals surface area contributed by atoms with E-state index in [1.54, 1.807) is 30.3 Å². The van der Waals surface area contributed by atoms with Gasteiger partial charge in [-0.15, -0.1) is 0 Å². The van der Waals surface area contributed by atoms with E-state index in [9.17, 15) is 13.2 Å². The van der Waals surface area contributed by atoms with Crippen molar-refractivity contribution < 1.29 is 13.2 Å². The lowest BCUT2D eigenvalue weighted by Crippen LogP contribution is -2.25. The molecular weight excluding hydrogens is 396 g/mol. The van der Waals surface area contributed by atoms with Crippen LogP contribution in [0.15, 0.2) is 77.7 Å². The lowest BCUT2D eigenvalue weighted by atomic mass is 10.00. The maximum absolute atomic E-state index is 12.4. The van der Waals surface area contributed by atoms with E-state index in [4.69, 9.17) is 0 Å². The highest BCUT2D eigenvalue weighted by atomic mass is 32.2. The maximum Gasteiger partial charge on any atom is 0.244 e. The molecule has 1 aliphatic rings. The molecule has 0 aliphatic heterocycles. The molecule has 4 rings (SSSR count). The summed E-state index contributed by atoms with van der Waals surface area (Å²) in [6.07, 6.45) is 4.93. The molecule has 3 aromatic carbocycles. The molecule has 0 saturated heterocycles. The molecule has 30 heavy (non-hydrogen) atoms. The van der Waals surface area contributed by atoms with Gasteiger partial charge in [0.1, 0.15) is 0 Å². The molecule has 0 radical (unpaired) electrons. The summed E-state index contributed by atoms with van der Waals surface area (Å²) in [4.78, 5) is 12.6. The van der Waals surface area contributed by atoms with E-state index in [2.05, 4.69) is 28.2 Å². The molecule has 0 heterocycles. The Balaban J connectivity index is 1.41. The molecule has 1 aliphatic carbocycles. The van der Waals surface area contributed by atoms with E-state index in [0.29, 0.717) is 0 Å². The molecule has 2 N–H and O–H groups in total. The Hall–Kier alpha value is -2.96. The number of nitrogens with one attached hydrogen (secondary N) is 2. The van der Waals surface area contributed by atoms with Crippen LogP contribution < -0.4 is 10.0 Å². The van der Waals surface area contributed by atoms with Crippen LogP contribution in [0.4, 0.5) is 0 Å². The van der Waals surface area contributed by atoms with Crippen molar-refractivity contribution >= 4 is 32.8 Å². The molecule has 0 bridgehead atoms. The van der Waals surface area contributed by atoms with Crippen LogP contribution in [0.25, 0.3) is 16.8 Å². The van der Waals surface area contributed by atoms with E-state index in [-0.39, 0.29) is 22.9 Å². The first-order valence-electron chi connectivity index (χ1n) is 10.0. The average Bonchev–Trinajstić information content (AvgIpc) is 3.55. The van der Waals surface area contributed by atoms with Crippen molar-refractivity contribution in [1.29, 1.82) is 0 Å². The summed E-state index contributed by atoms with van der Waals surface area (Å²) in [5.74, 6) is -0.206. The van der Waals surface area contributed by atoms with Crippen LogP contribution in [0.5, 0.6) is 0 Å². The van der Waals surface area contributed by atoms with E-state index >= 15 is 0 Å². The van der Waals surface area contributed by atoms with Gasteiger partial charge in [-0.25, -0.2) is 13.1 Å². The molecule has 1 amide bonds. The van der Waals surface area contributed by atoms with Gasteiger partial charge in [-0.3, -0.25) is 4.79 Å². The highest BCUT2D eigenvalue weighted by Gasteiger charge is 2.27. The molecule has 154 valence electrons. The van der Waals surface area contributed by atoms with Crippen LogP contribution in [0.2, 0.25) is 0 Å². The largest absolute Gasteiger partial charge is 0.346 e. The minimum absolute atomic E-state index is 0.0713. The van der Waals surface area contributed by atoms with Gasteiger partial charge >= 0.3 is 0 Å². The molecule has 5 nitrogen and oxygen atoms in total. The van der Waals surface area contributed by atoms with Crippen LogP contribution in [0.3, 0.4) is 0 Å². The van der Waals surface area contributed by atoms with Gasteiger partial charge in [0, 0.05) is 12.1 Å². The number of rotatable bonds is 7. The van der Waals surface area contributed by atoms with Crippen molar-refractivity contribution in [2.75, 3.05) is 0 Å². The third-order valence-corrected chi connectivity index (χ3v) is 6.70. The van der Waals surface area contributed by atoms with Crippen molar-refractivity contribution in [2.45, 2.75) is 36.7 Å². The fraction of sp³-hybridized carbons (Fsp3) is 0.208. The smallest absolute Gasteiger partial charge is 0.244 e. The van der Waals surface area contributed by atoms with Gasteiger partial charge in [0.15, 0.2) is 0 Å². The first kappa shape index (κ1) is 20.3. The fourth-order valence-corrected chi connectivity index (χ4v) is 4.69. The van der Waals surface area contributed by atoms with E-state index in [0.717, 1.165) is 34.7 Å². The minimum atomic E-state index is -3.46. The molecule has 1 atom stereocenters. The summed E-state index contributed by atoms with van der Waals surface area (Å²) >= 11 is 0. The second-order valence-corrected chi connectivity index (χ2v) is 9.31. The van der Waals surface area contributed by atoms with Crippen LogP contribution in [0, 0.1) is 0 Å². The second-order valence-electron chi connectivity index (χ2n) is 7.60. The lowest BCUT2D eigenvalue weighted by molar-refractivity contribution is -0.117. The zero-order chi connectivity index (χ0) is 21.1. The highest BCUT2D eigenvalue weighted by molar-refractivity contribution is 7.89. The Kier molecular flexibility index (Phi) is 5.70. The van der Waals surface area contributed by atoms with Crippen LogP contribution >= 0.6 is 0 Å². The molecule has 3 aromatic rings. The summed E-state index contributed by atoms with van der Waals surface area (Å²) in [5.41, 5.74) is 1.82. The van der Waals surface area contributed by atoms with E-state index < -0.39 is 10.0 Å². The third-order valence-electron chi connectivity index (χ3n) is 5.17. The summed E-state index contributed by atoms with van der Waals surface area (Å²) in [5, 5.41) is 5.25. The number of carbonyl (C=O) groups is 1. The monoisotopic (exact) mass is 420 g/mol. The van der Waals surface area contributed by atoms with Crippen molar-refractivity contribution in [2.24, 2.45) is 0 Å². The van der Waals surface area contributed by atoms with Crippen molar-refractivity contribution in [3.8, 4) is 0 Å². The average molecular weight is 421 g/mol. The number of fused-ring (bicyclic) bond motifs is 1. The van der Waals surface area contributed by atoms with Gasteiger partial charge in [-0.1, -0.05) is 54.6 Å². The number of hydrogen-bond donors (Lipinski definition) is 2. The van der Waals surface area contributed by atoms with Crippen LogP contribution in [-0.4, -0.2) is 20.4 Å². The standard InChI is InChI=1S/C24H24N2O3S/c1-17(22-8-4-6-19-5-2-3-7-23(19)22)25-24(27)16-11-18-9-14-21(15-10-18)30(28,29)26-20-12-13-20/h2-11,14-17,20,26H,12-13H2,1H3,(H,25,27)/b16-11+. The SMILES string of the molecule is CC(NC(=O)/C=C/c1ccc(S(=O)(=O)NC2CC2)cc1)c1cccc2ccccc12. The Morgan fingerprint density at radius 1 is 1.00 bits per heavy atom. The van der Waals surface area contributed by atoms with Crippen LogP contribution in [0.1, 0.15) is 36.9 Å². The van der Waals surface area contributed by atoms with Crippen LogP contribution in [-0.2, 0) is 14.8 Å². The highest BCUT2D eigenvalue weighted by Crippen LogP contribution is 2.24. The normalized spacial score (nSPS) is 15.4. The topological polar surface area (TPSA) is 75.3 Å². The zero-order valence-corrected chi connectivity index (χ0v) is 17.5. The number of benzene rings is 3. The Morgan fingerprint density at radius 3 is 2.43 bits per heavy atom. The zero-order valence-electron chi connectivity index (χ0n) is 16.7. The minimum Gasteiger partial charge on any atom is -0.346 e. The van der Waals surface area contributed by atoms with E-state index in [1.165, 1.54) is 6.08 Å². The summed E-state index contributed by atoms with van der Waals surface area (Å²) < 4.78 is 27.1.